The molecule has 4 aromatic carbocycles. The SMILES string of the molecule is OCc1ccc([C@@H]2[C@@H](CCCCc3ccc(F)cc3)CC(=S)N2c2ccc(-c3ccccc3)cc2)c(O)c1. The largest absolute Gasteiger partial charge is 0.508 e. The van der Waals surface area contributed by atoms with Crippen molar-refractivity contribution in [2.75, 3.05) is 4.90 Å². The molecule has 0 aromatic heterocycles. The molecule has 2 N–H and O–H groups in total. The van der Waals surface area contributed by atoms with E-state index in [0.717, 1.165) is 65.0 Å². The highest BCUT2D eigenvalue weighted by molar-refractivity contribution is 7.80. The third-order valence-corrected chi connectivity index (χ3v) is 7.85. The fourth-order valence-electron chi connectivity index (χ4n) is 5.53. The molecule has 0 aliphatic carbocycles. The number of hydrogen-bond acceptors (Lipinski definition) is 3. The van der Waals surface area contributed by atoms with Crippen LogP contribution in [0.15, 0.2) is 97.1 Å². The number of anilines is 1. The predicted octanol–water partition coefficient (Wildman–Crippen LogP) is 8.00. The second kappa shape index (κ2) is 11.9. The van der Waals surface area contributed by atoms with E-state index in [4.69, 9.17) is 12.2 Å². The summed E-state index contributed by atoms with van der Waals surface area (Å²) in [4.78, 5) is 3.07. The van der Waals surface area contributed by atoms with E-state index >= 15 is 0 Å². The van der Waals surface area contributed by atoms with Gasteiger partial charge in [-0.3, -0.25) is 0 Å². The molecular weight excluding hydrogens is 493 g/mol. The quantitative estimate of drug-likeness (QED) is 0.172. The minimum Gasteiger partial charge on any atom is -0.508 e. The first-order valence-corrected chi connectivity index (χ1v) is 13.6. The highest BCUT2D eigenvalue weighted by Gasteiger charge is 2.40. The molecule has 1 aliphatic rings. The zero-order valence-electron chi connectivity index (χ0n) is 21.3. The van der Waals surface area contributed by atoms with Gasteiger partial charge in [0.05, 0.1) is 17.6 Å². The molecule has 4 aromatic rings. The summed E-state index contributed by atoms with van der Waals surface area (Å²) < 4.78 is 13.2. The number of aliphatic hydroxyl groups is 1. The highest BCUT2D eigenvalue weighted by atomic mass is 32.1. The van der Waals surface area contributed by atoms with E-state index in [2.05, 4.69) is 41.3 Å². The van der Waals surface area contributed by atoms with Gasteiger partial charge in [-0.25, -0.2) is 4.39 Å². The maximum absolute atomic E-state index is 13.2. The van der Waals surface area contributed by atoms with E-state index in [1.807, 2.05) is 42.5 Å². The first-order chi connectivity index (χ1) is 18.5. The molecule has 2 atom stereocenters. The van der Waals surface area contributed by atoms with E-state index in [-0.39, 0.29) is 30.1 Å². The van der Waals surface area contributed by atoms with Crippen molar-refractivity contribution >= 4 is 22.9 Å². The Morgan fingerprint density at radius 3 is 2.18 bits per heavy atom. The van der Waals surface area contributed by atoms with Gasteiger partial charge in [0.1, 0.15) is 11.6 Å². The molecule has 3 nitrogen and oxygen atoms in total. The van der Waals surface area contributed by atoms with Gasteiger partial charge >= 0.3 is 0 Å². The van der Waals surface area contributed by atoms with Crippen molar-refractivity contribution < 1.29 is 14.6 Å². The molecule has 0 unspecified atom stereocenters. The standard InChI is InChI=1S/C33H32FNO2S/c34-28-15-10-23(11-16-28)6-4-5-9-27-21-32(38)35(33(27)30-19-12-24(22-36)20-31(30)37)29-17-13-26(14-18-29)25-7-2-1-3-8-25/h1-3,7-8,10-20,27,33,36-37H,4-6,9,21-22H2/t27-,33-/m0/s1. The minimum atomic E-state index is -0.208. The van der Waals surface area contributed by atoms with Crippen LogP contribution in [0.4, 0.5) is 10.1 Å². The normalized spacial score (nSPS) is 17.2. The lowest BCUT2D eigenvalue weighted by molar-refractivity contribution is 0.281. The Bertz CT molecular complexity index is 1370. The van der Waals surface area contributed by atoms with Gasteiger partial charge in [0.15, 0.2) is 0 Å². The maximum Gasteiger partial charge on any atom is 0.123 e. The van der Waals surface area contributed by atoms with Crippen LogP contribution in [0.25, 0.3) is 11.1 Å². The number of phenols is 1. The lowest BCUT2D eigenvalue weighted by Gasteiger charge is -2.31. The molecule has 5 rings (SSSR count). The van der Waals surface area contributed by atoms with E-state index in [9.17, 15) is 14.6 Å². The maximum atomic E-state index is 13.2. The van der Waals surface area contributed by atoms with E-state index in [1.165, 1.54) is 12.1 Å². The molecule has 1 saturated heterocycles. The Morgan fingerprint density at radius 2 is 1.50 bits per heavy atom. The van der Waals surface area contributed by atoms with Gasteiger partial charge in [0.25, 0.3) is 0 Å². The van der Waals surface area contributed by atoms with Crippen LogP contribution in [-0.2, 0) is 13.0 Å². The summed E-state index contributed by atoms with van der Waals surface area (Å²) in [7, 11) is 0. The minimum absolute atomic E-state index is 0.0939. The number of phenolic OH excluding ortho intramolecular Hbond substituents is 1. The van der Waals surface area contributed by atoms with Crippen LogP contribution in [0.5, 0.6) is 5.75 Å². The van der Waals surface area contributed by atoms with Crippen molar-refractivity contribution in [1.82, 2.24) is 0 Å². The topological polar surface area (TPSA) is 43.7 Å². The van der Waals surface area contributed by atoms with Gasteiger partial charge in [-0.2, -0.15) is 0 Å². The summed E-state index contributed by atoms with van der Waals surface area (Å²) in [5.74, 6) is 0.226. The molecule has 0 radical (unpaired) electrons. The van der Waals surface area contributed by atoms with Crippen molar-refractivity contribution in [2.45, 2.75) is 44.8 Å². The van der Waals surface area contributed by atoms with Crippen LogP contribution in [-0.4, -0.2) is 15.2 Å². The number of aryl methyl sites for hydroxylation is 1. The second-order valence-corrected chi connectivity index (χ2v) is 10.5. The molecule has 1 aliphatic heterocycles. The van der Waals surface area contributed by atoms with E-state index in [0.29, 0.717) is 5.56 Å². The summed E-state index contributed by atoms with van der Waals surface area (Å²) in [6, 6.07) is 30.8. The molecule has 1 fully saturated rings. The third kappa shape index (κ3) is 5.79. The molecule has 0 spiro atoms. The molecule has 1 heterocycles. The van der Waals surface area contributed by atoms with Crippen molar-refractivity contribution in [3.05, 3.63) is 120 Å². The summed E-state index contributed by atoms with van der Waals surface area (Å²) in [5, 5.41) is 20.5. The van der Waals surface area contributed by atoms with Crippen LogP contribution in [0.1, 0.15) is 48.4 Å². The van der Waals surface area contributed by atoms with Crippen LogP contribution in [0.2, 0.25) is 0 Å². The van der Waals surface area contributed by atoms with Gasteiger partial charge < -0.3 is 15.1 Å². The summed E-state index contributed by atoms with van der Waals surface area (Å²) in [6.07, 6.45) is 4.66. The first-order valence-electron chi connectivity index (χ1n) is 13.2. The smallest absolute Gasteiger partial charge is 0.123 e. The van der Waals surface area contributed by atoms with Crippen LogP contribution >= 0.6 is 12.2 Å². The van der Waals surface area contributed by atoms with Crippen LogP contribution < -0.4 is 4.90 Å². The second-order valence-electron chi connectivity index (χ2n) is 10.0. The van der Waals surface area contributed by atoms with Crippen LogP contribution in [0.3, 0.4) is 0 Å². The van der Waals surface area contributed by atoms with Crippen molar-refractivity contribution in [1.29, 1.82) is 0 Å². The Morgan fingerprint density at radius 1 is 0.816 bits per heavy atom. The third-order valence-electron chi connectivity index (χ3n) is 7.48. The van der Waals surface area contributed by atoms with Gasteiger partial charge in [-0.05, 0) is 77.8 Å². The molecule has 0 amide bonds. The van der Waals surface area contributed by atoms with E-state index < -0.39 is 0 Å². The fraction of sp³-hybridized carbons (Fsp3) is 0.242. The zero-order chi connectivity index (χ0) is 26.5. The number of thiocarbonyl (C=S) groups is 1. The first kappa shape index (κ1) is 26.1. The molecule has 0 bridgehead atoms. The molecule has 38 heavy (non-hydrogen) atoms. The summed E-state index contributed by atoms with van der Waals surface area (Å²) in [6.45, 7) is -0.117. The zero-order valence-corrected chi connectivity index (χ0v) is 22.1. The number of unbranched alkanes of at least 4 members (excludes halogenated alkanes) is 1. The number of hydrogen-bond donors (Lipinski definition) is 2. The Labute approximate surface area is 229 Å². The van der Waals surface area contributed by atoms with Gasteiger partial charge in [0, 0.05) is 17.7 Å². The summed E-state index contributed by atoms with van der Waals surface area (Å²) in [5.41, 5.74) is 5.97. The van der Waals surface area contributed by atoms with Crippen LogP contribution in [0, 0.1) is 11.7 Å². The van der Waals surface area contributed by atoms with Crippen molar-refractivity contribution in [3.8, 4) is 16.9 Å². The number of nitrogens with zero attached hydrogens (tertiary/aromatic N) is 1. The van der Waals surface area contributed by atoms with Crippen molar-refractivity contribution in [3.63, 3.8) is 0 Å². The van der Waals surface area contributed by atoms with Gasteiger partial charge in [-0.15, -0.1) is 0 Å². The Hall–Kier alpha value is -3.54. The predicted molar refractivity (Wildman–Crippen MR) is 156 cm³/mol. The summed E-state index contributed by atoms with van der Waals surface area (Å²) >= 11 is 5.93. The monoisotopic (exact) mass is 525 g/mol. The van der Waals surface area contributed by atoms with E-state index in [1.54, 1.807) is 6.07 Å². The molecule has 0 saturated carbocycles. The number of benzene rings is 4. The highest BCUT2D eigenvalue weighted by Crippen LogP contribution is 2.47. The number of halogens is 1. The number of aromatic hydroxyl groups is 1. The molecular formula is C33H32FNO2S. The average molecular weight is 526 g/mol. The Kier molecular flexibility index (Phi) is 8.16. The van der Waals surface area contributed by atoms with Crippen molar-refractivity contribution in [2.24, 2.45) is 5.92 Å². The Balaban J connectivity index is 1.38. The van der Waals surface area contributed by atoms with Gasteiger partial charge in [-0.1, -0.05) is 85.4 Å². The molecule has 194 valence electrons. The fourth-order valence-corrected chi connectivity index (χ4v) is 5.96. The lowest BCUT2D eigenvalue weighted by atomic mass is 9.87. The lowest BCUT2D eigenvalue weighted by Crippen LogP contribution is -2.28. The molecule has 5 heteroatoms. The number of rotatable bonds is 9. The number of aliphatic hydroxyl groups excluding tert-OH is 1. The van der Waals surface area contributed by atoms with Gasteiger partial charge in [0.2, 0.25) is 0 Å². The average Bonchev–Trinajstić information content (AvgIpc) is 3.27.